The van der Waals surface area contributed by atoms with Crippen LogP contribution in [0.15, 0.2) is 48.8 Å². The molecule has 1 aromatic heterocycles. The summed E-state index contributed by atoms with van der Waals surface area (Å²) in [5.41, 5.74) is 2.86. The summed E-state index contributed by atoms with van der Waals surface area (Å²) in [7, 11) is 0. The van der Waals surface area contributed by atoms with Crippen molar-refractivity contribution in [3.05, 3.63) is 65.2 Å². The van der Waals surface area contributed by atoms with E-state index in [4.69, 9.17) is 11.6 Å². The zero-order valence-electron chi connectivity index (χ0n) is 14.0. The van der Waals surface area contributed by atoms with Crippen molar-refractivity contribution in [1.29, 1.82) is 0 Å². The standard InChI is InChI=1S/C20H21ClFN3/c21-17-4-3-5-18(22)16(17)13-24-10-8-15(9-11-24)12-25-14-23-19-6-1-2-7-20(19)25/h1-7,14-15H,8-13H2. The highest BCUT2D eigenvalue weighted by molar-refractivity contribution is 6.31. The molecule has 130 valence electrons. The van der Waals surface area contributed by atoms with Gasteiger partial charge in [0.1, 0.15) is 5.82 Å². The molecule has 0 N–H and O–H groups in total. The van der Waals surface area contributed by atoms with Crippen LogP contribution in [0.1, 0.15) is 18.4 Å². The Morgan fingerprint density at radius 3 is 2.68 bits per heavy atom. The van der Waals surface area contributed by atoms with E-state index in [1.807, 2.05) is 18.5 Å². The van der Waals surface area contributed by atoms with Crippen LogP contribution in [-0.2, 0) is 13.1 Å². The van der Waals surface area contributed by atoms with Crippen molar-refractivity contribution in [2.45, 2.75) is 25.9 Å². The topological polar surface area (TPSA) is 21.1 Å². The Hall–Kier alpha value is -1.91. The number of halogens is 2. The fourth-order valence-corrected chi connectivity index (χ4v) is 3.89. The van der Waals surface area contributed by atoms with Gasteiger partial charge in [-0.15, -0.1) is 0 Å². The van der Waals surface area contributed by atoms with Crippen LogP contribution in [0.2, 0.25) is 5.02 Å². The number of piperidine rings is 1. The molecule has 1 fully saturated rings. The van der Waals surface area contributed by atoms with E-state index in [0.717, 1.165) is 38.0 Å². The normalized spacial score (nSPS) is 16.6. The number of nitrogens with zero attached hydrogens (tertiary/aromatic N) is 3. The van der Waals surface area contributed by atoms with Crippen molar-refractivity contribution in [2.24, 2.45) is 5.92 Å². The lowest BCUT2D eigenvalue weighted by Gasteiger charge is -2.32. The molecule has 5 heteroatoms. The highest BCUT2D eigenvalue weighted by Crippen LogP contribution is 2.25. The third-order valence-corrected chi connectivity index (χ3v) is 5.49. The van der Waals surface area contributed by atoms with Crippen molar-refractivity contribution in [3.8, 4) is 0 Å². The summed E-state index contributed by atoms with van der Waals surface area (Å²) >= 11 is 6.15. The average Bonchev–Trinajstić information content (AvgIpc) is 3.03. The van der Waals surface area contributed by atoms with Gasteiger partial charge in [0.2, 0.25) is 0 Å². The number of benzene rings is 2. The second-order valence-corrected chi connectivity index (χ2v) is 7.21. The maximum atomic E-state index is 14.0. The molecule has 0 unspecified atom stereocenters. The number of likely N-dealkylation sites (tertiary alicyclic amines) is 1. The highest BCUT2D eigenvalue weighted by Gasteiger charge is 2.21. The van der Waals surface area contributed by atoms with Crippen molar-refractivity contribution in [3.63, 3.8) is 0 Å². The third-order valence-electron chi connectivity index (χ3n) is 5.13. The van der Waals surface area contributed by atoms with Gasteiger partial charge in [0.05, 0.1) is 17.4 Å². The van der Waals surface area contributed by atoms with Gasteiger partial charge in [-0.05, 0) is 56.1 Å². The summed E-state index contributed by atoms with van der Waals surface area (Å²) in [4.78, 5) is 6.77. The smallest absolute Gasteiger partial charge is 0.129 e. The molecule has 2 heterocycles. The predicted octanol–water partition coefficient (Wildman–Crippen LogP) is 4.74. The fraction of sp³-hybridized carbons (Fsp3) is 0.350. The number of hydrogen-bond donors (Lipinski definition) is 0. The van der Waals surface area contributed by atoms with Crippen LogP contribution in [0.4, 0.5) is 4.39 Å². The number of hydrogen-bond acceptors (Lipinski definition) is 2. The largest absolute Gasteiger partial charge is 0.330 e. The summed E-state index contributed by atoms with van der Waals surface area (Å²) in [6, 6.07) is 13.1. The van der Waals surface area contributed by atoms with Gasteiger partial charge in [-0.1, -0.05) is 29.8 Å². The van der Waals surface area contributed by atoms with Crippen molar-refractivity contribution >= 4 is 22.6 Å². The second-order valence-electron chi connectivity index (χ2n) is 6.81. The molecule has 0 saturated carbocycles. The van der Waals surface area contributed by atoms with E-state index in [-0.39, 0.29) is 5.82 Å². The maximum Gasteiger partial charge on any atom is 0.129 e. The van der Waals surface area contributed by atoms with Gasteiger partial charge in [-0.25, -0.2) is 9.37 Å². The molecule has 0 amide bonds. The minimum Gasteiger partial charge on any atom is -0.330 e. The van der Waals surface area contributed by atoms with Gasteiger partial charge < -0.3 is 4.57 Å². The van der Waals surface area contributed by atoms with E-state index in [1.165, 1.54) is 11.6 Å². The van der Waals surface area contributed by atoms with Crippen LogP contribution >= 0.6 is 11.6 Å². The second kappa shape index (κ2) is 7.14. The molecule has 1 aliphatic rings. The minimum atomic E-state index is -0.209. The Morgan fingerprint density at radius 1 is 1.08 bits per heavy atom. The summed E-state index contributed by atoms with van der Waals surface area (Å²) in [5.74, 6) is 0.421. The number of para-hydroxylation sites is 2. The summed E-state index contributed by atoms with van der Waals surface area (Å²) in [6.45, 7) is 3.53. The van der Waals surface area contributed by atoms with Gasteiger partial charge in [0.15, 0.2) is 0 Å². The lowest BCUT2D eigenvalue weighted by atomic mass is 9.96. The molecule has 4 rings (SSSR count). The third kappa shape index (κ3) is 3.55. The number of fused-ring (bicyclic) bond motifs is 1. The van der Waals surface area contributed by atoms with Crippen molar-refractivity contribution in [1.82, 2.24) is 14.5 Å². The summed E-state index contributed by atoms with van der Waals surface area (Å²) < 4.78 is 16.2. The Balaban J connectivity index is 1.37. The highest BCUT2D eigenvalue weighted by atomic mass is 35.5. The lowest BCUT2D eigenvalue weighted by molar-refractivity contribution is 0.166. The fourth-order valence-electron chi connectivity index (χ4n) is 3.67. The van der Waals surface area contributed by atoms with Crippen LogP contribution in [0.5, 0.6) is 0 Å². The quantitative estimate of drug-likeness (QED) is 0.672. The summed E-state index contributed by atoms with van der Waals surface area (Å²) in [5, 5.41) is 0.520. The number of imidazole rings is 1. The molecular formula is C20H21ClFN3. The van der Waals surface area contributed by atoms with E-state index in [9.17, 15) is 4.39 Å². The molecule has 25 heavy (non-hydrogen) atoms. The minimum absolute atomic E-state index is 0.209. The predicted molar refractivity (Wildman–Crippen MR) is 99.1 cm³/mol. The Bertz CT molecular complexity index is 848. The number of aromatic nitrogens is 2. The molecule has 1 aliphatic heterocycles. The van der Waals surface area contributed by atoms with E-state index >= 15 is 0 Å². The van der Waals surface area contributed by atoms with Gasteiger partial charge in [0, 0.05) is 23.7 Å². The van der Waals surface area contributed by atoms with E-state index < -0.39 is 0 Å². The Labute approximate surface area is 152 Å². The van der Waals surface area contributed by atoms with Crippen LogP contribution in [0.25, 0.3) is 11.0 Å². The molecule has 0 radical (unpaired) electrons. The van der Waals surface area contributed by atoms with E-state index in [2.05, 4.69) is 26.6 Å². The molecule has 3 nitrogen and oxygen atoms in total. The molecular weight excluding hydrogens is 337 g/mol. The van der Waals surface area contributed by atoms with E-state index in [1.54, 1.807) is 12.1 Å². The van der Waals surface area contributed by atoms with Crippen LogP contribution in [-0.4, -0.2) is 27.5 Å². The molecule has 1 saturated heterocycles. The first kappa shape index (κ1) is 16.6. The SMILES string of the molecule is Fc1cccc(Cl)c1CN1CCC(Cn2cnc3ccccc32)CC1. The van der Waals surface area contributed by atoms with Crippen LogP contribution in [0, 0.1) is 11.7 Å². The zero-order valence-corrected chi connectivity index (χ0v) is 14.8. The van der Waals surface area contributed by atoms with Crippen LogP contribution < -0.4 is 0 Å². The first-order chi connectivity index (χ1) is 12.2. The maximum absolute atomic E-state index is 14.0. The van der Waals surface area contributed by atoms with Gasteiger partial charge in [-0.3, -0.25) is 4.90 Å². The molecule has 0 spiro atoms. The van der Waals surface area contributed by atoms with Gasteiger partial charge in [-0.2, -0.15) is 0 Å². The molecule has 0 aliphatic carbocycles. The molecule has 2 aromatic carbocycles. The average molecular weight is 358 g/mol. The zero-order chi connectivity index (χ0) is 17.2. The Morgan fingerprint density at radius 2 is 1.88 bits per heavy atom. The first-order valence-corrected chi connectivity index (χ1v) is 9.13. The lowest BCUT2D eigenvalue weighted by Crippen LogP contribution is -2.34. The van der Waals surface area contributed by atoms with Gasteiger partial charge >= 0.3 is 0 Å². The van der Waals surface area contributed by atoms with Gasteiger partial charge in [0.25, 0.3) is 0 Å². The van der Waals surface area contributed by atoms with Crippen molar-refractivity contribution in [2.75, 3.05) is 13.1 Å². The monoisotopic (exact) mass is 357 g/mol. The summed E-state index contributed by atoms with van der Waals surface area (Å²) in [6.07, 6.45) is 4.16. The molecule has 3 aromatic rings. The first-order valence-electron chi connectivity index (χ1n) is 8.76. The molecule has 0 atom stereocenters. The number of rotatable bonds is 4. The Kier molecular flexibility index (Phi) is 4.73. The van der Waals surface area contributed by atoms with Crippen molar-refractivity contribution < 1.29 is 4.39 Å². The molecule has 0 bridgehead atoms. The van der Waals surface area contributed by atoms with E-state index in [0.29, 0.717) is 23.0 Å². The van der Waals surface area contributed by atoms with Crippen LogP contribution in [0.3, 0.4) is 0 Å².